The van der Waals surface area contributed by atoms with E-state index in [1.165, 1.54) is 45.2 Å². The number of Topliss-reactive ketones (excluding diaryl/α,β-unsaturated/α-hetero) is 1. The Balaban J connectivity index is 1.88. The first kappa shape index (κ1) is 10.2. The summed E-state index contributed by atoms with van der Waals surface area (Å²) in [5.74, 6) is 0.491. The van der Waals surface area contributed by atoms with Gasteiger partial charge in [-0.25, -0.2) is 0 Å². The van der Waals surface area contributed by atoms with Crippen LogP contribution in [-0.4, -0.2) is 29.8 Å². The van der Waals surface area contributed by atoms with Gasteiger partial charge in [0, 0.05) is 18.9 Å². The summed E-state index contributed by atoms with van der Waals surface area (Å²) in [5, 5.41) is 0. The molecule has 1 saturated heterocycles. The molecule has 1 aliphatic carbocycles. The SMILES string of the molecule is O=C1CCCC(N2CCCCCC2)C1. The molecule has 2 heteroatoms. The zero-order valence-corrected chi connectivity index (χ0v) is 9.00. The third-order valence-corrected chi connectivity index (χ3v) is 3.61. The van der Waals surface area contributed by atoms with Gasteiger partial charge < -0.3 is 0 Å². The fourth-order valence-corrected chi connectivity index (χ4v) is 2.77. The highest BCUT2D eigenvalue weighted by Crippen LogP contribution is 2.22. The van der Waals surface area contributed by atoms with Crippen molar-refractivity contribution in [1.82, 2.24) is 4.90 Å². The molecule has 0 aromatic rings. The average molecular weight is 195 g/mol. The smallest absolute Gasteiger partial charge is 0.134 e. The molecular formula is C12H21NO. The number of hydrogen-bond donors (Lipinski definition) is 0. The summed E-state index contributed by atoms with van der Waals surface area (Å²) in [4.78, 5) is 13.9. The number of carbonyl (C=O) groups excluding carboxylic acids is 1. The normalized spacial score (nSPS) is 31.4. The average Bonchev–Trinajstić information content (AvgIpc) is 2.45. The molecule has 0 spiro atoms. The van der Waals surface area contributed by atoms with Crippen LogP contribution in [-0.2, 0) is 4.79 Å². The van der Waals surface area contributed by atoms with Gasteiger partial charge >= 0.3 is 0 Å². The lowest BCUT2D eigenvalue weighted by atomic mass is 9.93. The monoisotopic (exact) mass is 195 g/mol. The van der Waals surface area contributed by atoms with Crippen molar-refractivity contribution in [2.45, 2.75) is 57.4 Å². The van der Waals surface area contributed by atoms with E-state index < -0.39 is 0 Å². The topological polar surface area (TPSA) is 20.3 Å². The molecule has 2 nitrogen and oxygen atoms in total. The van der Waals surface area contributed by atoms with E-state index in [9.17, 15) is 4.79 Å². The number of carbonyl (C=O) groups is 1. The Morgan fingerprint density at radius 3 is 2.36 bits per heavy atom. The van der Waals surface area contributed by atoms with Crippen LogP contribution in [0, 0.1) is 0 Å². The van der Waals surface area contributed by atoms with Crippen LogP contribution in [0.2, 0.25) is 0 Å². The molecule has 1 heterocycles. The maximum atomic E-state index is 11.4. The Hall–Kier alpha value is -0.370. The van der Waals surface area contributed by atoms with Crippen LogP contribution >= 0.6 is 0 Å². The highest BCUT2D eigenvalue weighted by Gasteiger charge is 2.25. The maximum Gasteiger partial charge on any atom is 0.134 e. The van der Waals surface area contributed by atoms with E-state index in [-0.39, 0.29) is 0 Å². The minimum Gasteiger partial charge on any atom is -0.300 e. The Labute approximate surface area is 86.7 Å². The van der Waals surface area contributed by atoms with Crippen LogP contribution in [0.5, 0.6) is 0 Å². The van der Waals surface area contributed by atoms with Gasteiger partial charge in [-0.3, -0.25) is 9.69 Å². The number of ketones is 1. The van der Waals surface area contributed by atoms with Crippen molar-refractivity contribution in [1.29, 1.82) is 0 Å². The summed E-state index contributed by atoms with van der Waals surface area (Å²) in [7, 11) is 0. The second kappa shape index (κ2) is 4.92. The molecule has 1 saturated carbocycles. The van der Waals surface area contributed by atoms with Crippen LogP contribution in [0.15, 0.2) is 0 Å². The maximum absolute atomic E-state index is 11.4. The van der Waals surface area contributed by atoms with Gasteiger partial charge in [0.25, 0.3) is 0 Å². The molecule has 2 fully saturated rings. The molecule has 14 heavy (non-hydrogen) atoms. The minimum atomic E-state index is 0.491. The summed E-state index contributed by atoms with van der Waals surface area (Å²) in [6.45, 7) is 2.47. The fraction of sp³-hybridized carbons (Fsp3) is 0.917. The van der Waals surface area contributed by atoms with Gasteiger partial charge in [0.2, 0.25) is 0 Å². The van der Waals surface area contributed by atoms with Gasteiger partial charge in [0.05, 0.1) is 0 Å². The van der Waals surface area contributed by atoms with Crippen molar-refractivity contribution in [2.75, 3.05) is 13.1 Å². The van der Waals surface area contributed by atoms with Crippen LogP contribution in [0.25, 0.3) is 0 Å². The number of nitrogens with zero attached hydrogens (tertiary/aromatic N) is 1. The molecular weight excluding hydrogens is 174 g/mol. The number of likely N-dealkylation sites (tertiary alicyclic amines) is 1. The molecule has 0 bridgehead atoms. The van der Waals surface area contributed by atoms with E-state index in [0.29, 0.717) is 11.8 Å². The lowest BCUT2D eigenvalue weighted by molar-refractivity contribution is -0.122. The van der Waals surface area contributed by atoms with E-state index in [4.69, 9.17) is 0 Å². The number of rotatable bonds is 1. The first-order valence-corrected chi connectivity index (χ1v) is 6.12. The summed E-state index contributed by atoms with van der Waals surface area (Å²) in [6, 6.07) is 0.592. The highest BCUT2D eigenvalue weighted by molar-refractivity contribution is 5.79. The molecule has 1 aliphatic heterocycles. The van der Waals surface area contributed by atoms with Crippen LogP contribution in [0.1, 0.15) is 51.4 Å². The van der Waals surface area contributed by atoms with Gasteiger partial charge in [-0.1, -0.05) is 12.8 Å². The van der Waals surface area contributed by atoms with Crippen molar-refractivity contribution < 1.29 is 4.79 Å². The molecule has 2 aliphatic rings. The molecule has 0 N–H and O–H groups in total. The van der Waals surface area contributed by atoms with Crippen LogP contribution in [0.4, 0.5) is 0 Å². The van der Waals surface area contributed by atoms with Gasteiger partial charge in [-0.2, -0.15) is 0 Å². The largest absolute Gasteiger partial charge is 0.300 e. The van der Waals surface area contributed by atoms with E-state index >= 15 is 0 Å². The minimum absolute atomic E-state index is 0.491. The first-order valence-electron chi connectivity index (χ1n) is 6.12. The molecule has 1 unspecified atom stereocenters. The molecule has 1 atom stereocenters. The van der Waals surface area contributed by atoms with Crippen LogP contribution < -0.4 is 0 Å². The third kappa shape index (κ3) is 2.57. The van der Waals surface area contributed by atoms with Crippen molar-refractivity contribution in [3.63, 3.8) is 0 Å². The summed E-state index contributed by atoms with van der Waals surface area (Å²) in [6.07, 6.45) is 9.50. The molecule has 2 rings (SSSR count). The van der Waals surface area contributed by atoms with E-state index in [1.54, 1.807) is 0 Å². The number of hydrogen-bond acceptors (Lipinski definition) is 2. The standard InChI is InChI=1S/C12H21NO/c14-12-7-5-6-11(10-12)13-8-3-1-2-4-9-13/h11H,1-10H2. The zero-order chi connectivity index (χ0) is 9.80. The molecule has 0 amide bonds. The van der Waals surface area contributed by atoms with Crippen molar-refractivity contribution in [3.05, 3.63) is 0 Å². The van der Waals surface area contributed by atoms with E-state index in [0.717, 1.165) is 19.3 Å². The van der Waals surface area contributed by atoms with Crippen molar-refractivity contribution in [3.8, 4) is 0 Å². The summed E-state index contributed by atoms with van der Waals surface area (Å²) in [5.41, 5.74) is 0. The third-order valence-electron chi connectivity index (χ3n) is 3.61. The Kier molecular flexibility index (Phi) is 3.57. The van der Waals surface area contributed by atoms with E-state index in [1.807, 2.05) is 0 Å². The van der Waals surface area contributed by atoms with Crippen molar-refractivity contribution >= 4 is 5.78 Å². The molecule has 0 aromatic carbocycles. The van der Waals surface area contributed by atoms with Crippen molar-refractivity contribution in [2.24, 2.45) is 0 Å². The molecule has 80 valence electrons. The predicted octanol–water partition coefficient (Wildman–Crippen LogP) is 2.37. The second-order valence-electron chi connectivity index (χ2n) is 4.74. The summed E-state index contributed by atoms with van der Waals surface area (Å²) >= 11 is 0. The predicted molar refractivity (Wildman–Crippen MR) is 57.3 cm³/mol. The van der Waals surface area contributed by atoms with Gasteiger partial charge in [-0.15, -0.1) is 0 Å². The van der Waals surface area contributed by atoms with Gasteiger partial charge in [0.15, 0.2) is 0 Å². The zero-order valence-electron chi connectivity index (χ0n) is 9.00. The Morgan fingerprint density at radius 1 is 1.00 bits per heavy atom. The molecule has 0 radical (unpaired) electrons. The fourth-order valence-electron chi connectivity index (χ4n) is 2.77. The summed E-state index contributed by atoms with van der Waals surface area (Å²) < 4.78 is 0. The molecule has 0 aromatic heterocycles. The Bertz CT molecular complexity index is 194. The highest BCUT2D eigenvalue weighted by atomic mass is 16.1. The Morgan fingerprint density at radius 2 is 1.71 bits per heavy atom. The lowest BCUT2D eigenvalue weighted by Gasteiger charge is -2.32. The second-order valence-corrected chi connectivity index (χ2v) is 4.74. The van der Waals surface area contributed by atoms with E-state index in [2.05, 4.69) is 4.90 Å². The van der Waals surface area contributed by atoms with Gasteiger partial charge in [-0.05, 0) is 38.8 Å². The van der Waals surface area contributed by atoms with Crippen LogP contribution in [0.3, 0.4) is 0 Å². The first-order chi connectivity index (χ1) is 6.86. The lowest BCUT2D eigenvalue weighted by Crippen LogP contribution is -2.39. The van der Waals surface area contributed by atoms with Gasteiger partial charge in [0.1, 0.15) is 5.78 Å². The quantitative estimate of drug-likeness (QED) is 0.640.